The van der Waals surface area contributed by atoms with Crippen LogP contribution in [0.4, 0.5) is 5.69 Å². The van der Waals surface area contributed by atoms with E-state index in [4.69, 9.17) is 5.73 Å². The molecule has 0 saturated heterocycles. The lowest BCUT2D eigenvalue weighted by Crippen LogP contribution is -2.05. The zero-order valence-electron chi connectivity index (χ0n) is 10.6. The van der Waals surface area contributed by atoms with Gasteiger partial charge in [0.15, 0.2) is 0 Å². The summed E-state index contributed by atoms with van der Waals surface area (Å²) in [5, 5.41) is 10.2. The molecule has 0 aromatic heterocycles. The summed E-state index contributed by atoms with van der Waals surface area (Å²) in [4.78, 5) is 10.4. The van der Waals surface area contributed by atoms with E-state index in [1.165, 1.54) is 0 Å². The molecule has 0 heterocycles. The van der Waals surface area contributed by atoms with E-state index in [1.807, 2.05) is 42.5 Å². The Bertz CT molecular complexity index is 552. The molecule has 3 nitrogen and oxygen atoms in total. The van der Waals surface area contributed by atoms with E-state index < -0.39 is 6.10 Å². The van der Waals surface area contributed by atoms with E-state index in [0.717, 1.165) is 17.4 Å². The van der Waals surface area contributed by atoms with Crippen molar-refractivity contribution in [1.82, 2.24) is 0 Å². The van der Waals surface area contributed by atoms with Crippen LogP contribution in [0.2, 0.25) is 0 Å². The van der Waals surface area contributed by atoms with Crippen LogP contribution in [0.25, 0.3) is 11.1 Å². The van der Waals surface area contributed by atoms with Crippen LogP contribution in [0.15, 0.2) is 48.5 Å². The standard InChI is InChI=1S/C16H17NO2/c17-14-9-4-8-13(12-6-2-1-3-7-12)16(14)15(19)10-5-11-18/h1-4,6-9,11,15,19H,5,10,17H2. The zero-order valence-corrected chi connectivity index (χ0v) is 10.6. The van der Waals surface area contributed by atoms with Crippen molar-refractivity contribution in [2.24, 2.45) is 0 Å². The van der Waals surface area contributed by atoms with Gasteiger partial charge in [0.05, 0.1) is 6.10 Å². The average molecular weight is 255 g/mol. The molecule has 0 bridgehead atoms. The first kappa shape index (κ1) is 13.3. The first-order chi connectivity index (χ1) is 9.24. The molecule has 3 N–H and O–H groups in total. The normalized spacial score (nSPS) is 12.1. The molecule has 1 atom stereocenters. The predicted octanol–water partition coefficient (Wildman–Crippen LogP) is 2.95. The molecule has 1 unspecified atom stereocenters. The maximum Gasteiger partial charge on any atom is 0.120 e. The number of aldehydes is 1. The Morgan fingerprint density at radius 2 is 1.84 bits per heavy atom. The third-order valence-corrected chi connectivity index (χ3v) is 3.12. The number of anilines is 1. The molecule has 0 aliphatic rings. The van der Waals surface area contributed by atoms with E-state index in [0.29, 0.717) is 24.1 Å². The highest BCUT2D eigenvalue weighted by Crippen LogP contribution is 2.34. The molecule has 98 valence electrons. The van der Waals surface area contributed by atoms with Gasteiger partial charge in [0.25, 0.3) is 0 Å². The van der Waals surface area contributed by atoms with Gasteiger partial charge < -0.3 is 15.6 Å². The summed E-state index contributed by atoms with van der Waals surface area (Å²) in [6.45, 7) is 0. The highest BCUT2D eigenvalue weighted by atomic mass is 16.3. The number of aliphatic hydroxyl groups is 1. The average Bonchev–Trinajstić information content (AvgIpc) is 2.45. The molecule has 0 saturated carbocycles. The van der Waals surface area contributed by atoms with Crippen LogP contribution in [0.3, 0.4) is 0 Å². The molecule has 19 heavy (non-hydrogen) atoms. The summed E-state index contributed by atoms with van der Waals surface area (Å²) in [6, 6.07) is 15.4. The third-order valence-electron chi connectivity index (χ3n) is 3.12. The molecule has 0 aliphatic carbocycles. The van der Waals surface area contributed by atoms with Crippen LogP contribution in [-0.4, -0.2) is 11.4 Å². The first-order valence-corrected chi connectivity index (χ1v) is 6.29. The summed E-state index contributed by atoms with van der Waals surface area (Å²) in [5.74, 6) is 0. The summed E-state index contributed by atoms with van der Waals surface area (Å²) in [5.41, 5.74) is 9.17. The van der Waals surface area contributed by atoms with Gasteiger partial charge in [0, 0.05) is 17.7 Å². The van der Waals surface area contributed by atoms with Crippen molar-refractivity contribution in [2.75, 3.05) is 5.73 Å². The van der Waals surface area contributed by atoms with Gasteiger partial charge in [-0.15, -0.1) is 0 Å². The third kappa shape index (κ3) is 3.01. The Morgan fingerprint density at radius 1 is 1.11 bits per heavy atom. The van der Waals surface area contributed by atoms with Crippen LogP contribution in [0, 0.1) is 0 Å². The lowest BCUT2D eigenvalue weighted by molar-refractivity contribution is -0.108. The van der Waals surface area contributed by atoms with Crippen LogP contribution in [-0.2, 0) is 4.79 Å². The lowest BCUT2D eigenvalue weighted by Gasteiger charge is -2.17. The molecule has 0 amide bonds. The van der Waals surface area contributed by atoms with Crippen molar-refractivity contribution in [1.29, 1.82) is 0 Å². The summed E-state index contributed by atoms with van der Waals surface area (Å²) >= 11 is 0. The molecule has 0 fully saturated rings. The van der Waals surface area contributed by atoms with Crippen LogP contribution >= 0.6 is 0 Å². The molecule has 0 aliphatic heterocycles. The summed E-state index contributed by atoms with van der Waals surface area (Å²) < 4.78 is 0. The molecule has 3 heteroatoms. The number of carbonyl (C=O) groups excluding carboxylic acids is 1. The fraction of sp³-hybridized carbons (Fsp3) is 0.188. The smallest absolute Gasteiger partial charge is 0.120 e. The van der Waals surface area contributed by atoms with Crippen molar-refractivity contribution < 1.29 is 9.90 Å². The van der Waals surface area contributed by atoms with Gasteiger partial charge in [-0.05, 0) is 23.6 Å². The Labute approximate surface area is 112 Å². The molecule has 2 rings (SSSR count). The van der Waals surface area contributed by atoms with Gasteiger partial charge in [-0.1, -0.05) is 42.5 Å². The van der Waals surface area contributed by atoms with Gasteiger partial charge in [0.1, 0.15) is 6.29 Å². The second kappa shape index (κ2) is 6.16. The SMILES string of the molecule is Nc1cccc(-c2ccccc2)c1C(O)CCC=O. The molecule has 0 radical (unpaired) electrons. The van der Waals surface area contributed by atoms with Crippen LogP contribution in [0.1, 0.15) is 24.5 Å². The van der Waals surface area contributed by atoms with Gasteiger partial charge in [-0.25, -0.2) is 0 Å². The summed E-state index contributed by atoms with van der Waals surface area (Å²) in [7, 11) is 0. The monoisotopic (exact) mass is 255 g/mol. The highest BCUT2D eigenvalue weighted by Gasteiger charge is 2.16. The fourth-order valence-electron chi connectivity index (χ4n) is 2.19. The number of aliphatic hydroxyl groups excluding tert-OH is 1. The van der Waals surface area contributed by atoms with Gasteiger partial charge >= 0.3 is 0 Å². The van der Waals surface area contributed by atoms with Crippen molar-refractivity contribution in [2.45, 2.75) is 18.9 Å². The predicted molar refractivity (Wildman–Crippen MR) is 76.5 cm³/mol. The van der Waals surface area contributed by atoms with Crippen LogP contribution < -0.4 is 5.73 Å². The maximum absolute atomic E-state index is 10.4. The Morgan fingerprint density at radius 3 is 2.53 bits per heavy atom. The Hall–Kier alpha value is -2.13. The number of rotatable bonds is 5. The number of nitrogens with two attached hydrogens (primary N) is 1. The summed E-state index contributed by atoms with van der Waals surface area (Å²) in [6.07, 6.45) is 0.799. The van der Waals surface area contributed by atoms with Crippen molar-refractivity contribution >= 4 is 12.0 Å². The van der Waals surface area contributed by atoms with E-state index in [2.05, 4.69) is 0 Å². The number of nitrogen functional groups attached to an aromatic ring is 1. The fourth-order valence-corrected chi connectivity index (χ4v) is 2.19. The number of carbonyl (C=O) groups is 1. The molecule has 0 spiro atoms. The molecular weight excluding hydrogens is 238 g/mol. The number of benzene rings is 2. The molecule has 2 aromatic carbocycles. The van der Waals surface area contributed by atoms with Gasteiger partial charge in [-0.3, -0.25) is 0 Å². The quantitative estimate of drug-likeness (QED) is 0.637. The van der Waals surface area contributed by atoms with E-state index >= 15 is 0 Å². The lowest BCUT2D eigenvalue weighted by atomic mass is 9.93. The highest BCUT2D eigenvalue weighted by molar-refractivity contribution is 5.73. The van der Waals surface area contributed by atoms with Crippen LogP contribution in [0.5, 0.6) is 0 Å². The molecular formula is C16H17NO2. The van der Waals surface area contributed by atoms with E-state index in [-0.39, 0.29) is 0 Å². The largest absolute Gasteiger partial charge is 0.398 e. The minimum absolute atomic E-state index is 0.323. The minimum atomic E-state index is -0.721. The van der Waals surface area contributed by atoms with Crippen molar-refractivity contribution in [3.63, 3.8) is 0 Å². The van der Waals surface area contributed by atoms with E-state index in [9.17, 15) is 9.90 Å². The van der Waals surface area contributed by atoms with Crippen molar-refractivity contribution in [3.05, 3.63) is 54.1 Å². The van der Waals surface area contributed by atoms with Gasteiger partial charge in [-0.2, -0.15) is 0 Å². The minimum Gasteiger partial charge on any atom is -0.398 e. The topological polar surface area (TPSA) is 63.3 Å². The van der Waals surface area contributed by atoms with Gasteiger partial charge in [0.2, 0.25) is 0 Å². The van der Waals surface area contributed by atoms with E-state index in [1.54, 1.807) is 6.07 Å². The zero-order chi connectivity index (χ0) is 13.7. The number of hydrogen-bond donors (Lipinski definition) is 2. The second-order valence-corrected chi connectivity index (χ2v) is 4.43. The first-order valence-electron chi connectivity index (χ1n) is 6.29. The second-order valence-electron chi connectivity index (χ2n) is 4.43. The number of hydrogen-bond acceptors (Lipinski definition) is 3. The molecule has 2 aromatic rings. The Kier molecular flexibility index (Phi) is 4.31. The van der Waals surface area contributed by atoms with Crippen molar-refractivity contribution in [3.8, 4) is 11.1 Å². The Balaban J connectivity index is 2.44. The maximum atomic E-state index is 10.4.